The topological polar surface area (TPSA) is 122 Å². The summed E-state index contributed by atoms with van der Waals surface area (Å²) in [6, 6.07) is 13.8. The molecule has 0 aliphatic rings. The van der Waals surface area contributed by atoms with Gasteiger partial charge in [-0.05, 0) is 44.5 Å². The van der Waals surface area contributed by atoms with Crippen LogP contribution in [0.5, 0.6) is 0 Å². The van der Waals surface area contributed by atoms with Gasteiger partial charge in [0.05, 0.1) is 37.8 Å². The zero-order chi connectivity index (χ0) is 25.8. The van der Waals surface area contributed by atoms with Crippen LogP contribution in [-0.4, -0.2) is 28.9 Å². The number of non-ortho nitro benzene ring substituents is 2. The molecule has 6 rings (SSSR count). The predicted octanol–water partition coefficient (Wildman–Crippen LogP) is 6.22. The number of hydrogen-bond acceptors (Lipinski definition) is 6. The fraction of sp³-hybridized carbons (Fsp3) is 0.185. The summed E-state index contributed by atoms with van der Waals surface area (Å²) in [4.78, 5) is 31.1. The van der Waals surface area contributed by atoms with Crippen LogP contribution in [0.4, 0.5) is 11.4 Å². The van der Waals surface area contributed by atoms with Gasteiger partial charge in [-0.2, -0.15) is 0 Å². The van der Waals surface area contributed by atoms with Crippen molar-refractivity contribution < 1.29 is 9.85 Å². The van der Waals surface area contributed by atoms with Gasteiger partial charge in [0.1, 0.15) is 0 Å². The summed E-state index contributed by atoms with van der Waals surface area (Å²) in [6.45, 7) is 5.13. The van der Waals surface area contributed by atoms with Gasteiger partial charge in [0.15, 0.2) is 0 Å². The number of aryl methyl sites for hydroxylation is 4. The molecule has 10 nitrogen and oxygen atoms in total. The molecular weight excluding hydrogens is 472 g/mol. The van der Waals surface area contributed by atoms with Crippen molar-refractivity contribution in [3.63, 3.8) is 0 Å². The Bertz CT molecular complexity index is 1900. The molecule has 10 heteroatoms. The number of pyridine rings is 2. The van der Waals surface area contributed by atoms with Gasteiger partial charge >= 0.3 is 0 Å². The van der Waals surface area contributed by atoms with Crippen LogP contribution in [0.15, 0.2) is 60.9 Å². The summed E-state index contributed by atoms with van der Waals surface area (Å²) in [5.41, 5.74) is 5.44. The van der Waals surface area contributed by atoms with E-state index in [9.17, 15) is 20.2 Å². The molecule has 4 aromatic heterocycles. The fourth-order valence-corrected chi connectivity index (χ4v) is 5.50. The van der Waals surface area contributed by atoms with Crippen molar-refractivity contribution in [1.29, 1.82) is 0 Å². The van der Waals surface area contributed by atoms with Crippen LogP contribution in [0, 0.1) is 34.1 Å². The average molecular weight is 495 g/mol. The lowest BCUT2D eigenvalue weighted by Crippen LogP contribution is -2.06. The van der Waals surface area contributed by atoms with Gasteiger partial charge in [-0.15, -0.1) is 0 Å². The van der Waals surface area contributed by atoms with E-state index in [1.54, 1.807) is 36.7 Å². The minimum atomic E-state index is -0.380. The molecule has 0 aliphatic carbocycles. The Labute approximate surface area is 210 Å². The number of hydrogen-bond donors (Lipinski definition) is 0. The normalized spacial score (nSPS) is 11.7. The standard InChI is InChI=1S/C27H22N6O4/c1-16-26-21(8-10-28-16)20-6-4-19(33(36)37)15-25(20)31(26)13-3-12-30-24-7-5-18(32(34)35)14-23(24)22-9-11-29-17(2)27(22)30/h4-11,14-15H,3,12-13H2,1-2H3. The van der Waals surface area contributed by atoms with Crippen LogP contribution in [-0.2, 0) is 13.1 Å². The van der Waals surface area contributed by atoms with Crippen molar-refractivity contribution >= 4 is 55.0 Å². The number of nitro groups is 2. The number of aromatic nitrogens is 4. The Morgan fingerprint density at radius 1 is 0.676 bits per heavy atom. The molecule has 0 saturated carbocycles. The van der Waals surface area contributed by atoms with Crippen LogP contribution < -0.4 is 0 Å². The SMILES string of the molecule is Cc1nccc2c3cc([N+](=O)[O-])ccc3n(CCCn3c4cc([N+](=O)[O-])ccc4c4ccnc(C)c43)c12. The lowest BCUT2D eigenvalue weighted by Gasteiger charge is -2.12. The van der Waals surface area contributed by atoms with Crippen LogP contribution in [0.3, 0.4) is 0 Å². The first-order chi connectivity index (χ1) is 17.8. The van der Waals surface area contributed by atoms with Crippen molar-refractivity contribution in [2.45, 2.75) is 33.4 Å². The van der Waals surface area contributed by atoms with Gasteiger partial charge in [-0.25, -0.2) is 0 Å². The monoisotopic (exact) mass is 494 g/mol. The van der Waals surface area contributed by atoms with E-state index in [0.29, 0.717) is 13.1 Å². The third-order valence-corrected chi connectivity index (χ3v) is 7.06. The quantitative estimate of drug-likeness (QED) is 0.200. The molecule has 0 aliphatic heterocycles. The highest BCUT2D eigenvalue weighted by molar-refractivity contribution is 6.10. The summed E-state index contributed by atoms with van der Waals surface area (Å²) in [5, 5.41) is 26.6. The van der Waals surface area contributed by atoms with Gasteiger partial charge in [-0.1, -0.05) is 0 Å². The van der Waals surface area contributed by atoms with E-state index >= 15 is 0 Å². The van der Waals surface area contributed by atoms with E-state index < -0.39 is 0 Å². The molecule has 4 heterocycles. The largest absolute Gasteiger partial charge is 0.339 e. The fourth-order valence-electron chi connectivity index (χ4n) is 5.50. The third-order valence-electron chi connectivity index (χ3n) is 7.06. The third kappa shape index (κ3) is 3.48. The van der Waals surface area contributed by atoms with E-state index in [0.717, 1.165) is 61.4 Å². The number of nitrogens with zero attached hydrogens (tertiary/aromatic N) is 6. The minimum absolute atomic E-state index is 0.0489. The van der Waals surface area contributed by atoms with Crippen LogP contribution in [0.1, 0.15) is 17.8 Å². The highest BCUT2D eigenvalue weighted by atomic mass is 16.6. The smallest absolute Gasteiger partial charge is 0.271 e. The lowest BCUT2D eigenvalue weighted by atomic mass is 10.1. The Kier molecular flexibility index (Phi) is 5.11. The first-order valence-electron chi connectivity index (χ1n) is 11.9. The van der Waals surface area contributed by atoms with Crippen molar-refractivity contribution in [2.75, 3.05) is 0 Å². The van der Waals surface area contributed by atoms with Crippen LogP contribution in [0.2, 0.25) is 0 Å². The number of fused-ring (bicyclic) bond motifs is 6. The molecule has 0 saturated heterocycles. The van der Waals surface area contributed by atoms with E-state index in [-0.39, 0.29) is 21.2 Å². The van der Waals surface area contributed by atoms with E-state index in [4.69, 9.17) is 0 Å². The summed E-state index contributed by atoms with van der Waals surface area (Å²) < 4.78 is 4.28. The van der Waals surface area contributed by atoms with E-state index in [1.165, 1.54) is 12.1 Å². The first-order valence-corrected chi connectivity index (χ1v) is 11.9. The number of nitro benzene ring substituents is 2. The van der Waals surface area contributed by atoms with Crippen molar-refractivity contribution in [3.8, 4) is 0 Å². The zero-order valence-electron chi connectivity index (χ0n) is 20.2. The van der Waals surface area contributed by atoms with Crippen molar-refractivity contribution in [2.24, 2.45) is 0 Å². The second-order valence-electron chi connectivity index (χ2n) is 9.16. The molecule has 0 unspecified atom stereocenters. The molecule has 0 bridgehead atoms. The number of rotatable bonds is 6. The summed E-state index contributed by atoms with van der Waals surface area (Å²) >= 11 is 0. The Balaban J connectivity index is 1.45. The zero-order valence-corrected chi connectivity index (χ0v) is 20.2. The van der Waals surface area contributed by atoms with Crippen LogP contribution >= 0.6 is 0 Å². The van der Waals surface area contributed by atoms with Gasteiger partial charge in [0.2, 0.25) is 0 Å². The number of benzene rings is 2. The molecule has 0 spiro atoms. The van der Waals surface area contributed by atoms with Crippen LogP contribution in [0.25, 0.3) is 43.6 Å². The maximum absolute atomic E-state index is 11.5. The minimum Gasteiger partial charge on any atom is -0.339 e. The van der Waals surface area contributed by atoms with Crippen molar-refractivity contribution in [1.82, 2.24) is 19.1 Å². The highest BCUT2D eigenvalue weighted by Gasteiger charge is 2.19. The van der Waals surface area contributed by atoms with Gasteiger partial charge in [0.25, 0.3) is 11.4 Å². The highest BCUT2D eigenvalue weighted by Crippen LogP contribution is 2.35. The summed E-state index contributed by atoms with van der Waals surface area (Å²) in [7, 11) is 0. The van der Waals surface area contributed by atoms with Gasteiger partial charge < -0.3 is 9.13 Å². The first kappa shape index (κ1) is 22.6. The molecular formula is C27H22N6O4. The molecule has 2 aromatic carbocycles. The molecule has 0 amide bonds. The van der Waals surface area contributed by atoms with Gasteiger partial charge in [-0.3, -0.25) is 30.2 Å². The Morgan fingerprint density at radius 2 is 1.22 bits per heavy atom. The maximum Gasteiger partial charge on any atom is 0.271 e. The molecule has 0 N–H and O–H groups in total. The Morgan fingerprint density at radius 3 is 1.84 bits per heavy atom. The van der Waals surface area contributed by atoms with E-state index in [1.807, 2.05) is 26.0 Å². The summed E-state index contributed by atoms with van der Waals surface area (Å²) in [6.07, 6.45) is 4.21. The molecule has 0 fully saturated rings. The molecule has 0 radical (unpaired) electrons. The average Bonchev–Trinajstić information content (AvgIpc) is 3.38. The molecule has 6 aromatic rings. The maximum atomic E-state index is 11.5. The predicted molar refractivity (Wildman–Crippen MR) is 142 cm³/mol. The van der Waals surface area contributed by atoms with Crippen molar-refractivity contribution in [3.05, 3.63) is 92.5 Å². The molecule has 37 heavy (non-hydrogen) atoms. The molecule has 0 atom stereocenters. The van der Waals surface area contributed by atoms with Gasteiger partial charge in [0, 0.05) is 76.8 Å². The lowest BCUT2D eigenvalue weighted by molar-refractivity contribution is -0.384. The second-order valence-corrected chi connectivity index (χ2v) is 9.16. The molecule has 184 valence electrons. The summed E-state index contributed by atoms with van der Waals surface area (Å²) in [5.74, 6) is 0. The second kappa shape index (κ2) is 8.37. The van der Waals surface area contributed by atoms with E-state index in [2.05, 4.69) is 19.1 Å². The Hall–Kier alpha value is -4.86.